The highest BCUT2D eigenvalue weighted by Crippen LogP contribution is 2.33. The van der Waals surface area contributed by atoms with Crippen LogP contribution in [0.4, 0.5) is 0 Å². The molecule has 2 amide bonds. The van der Waals surface area contributed by atoms with Gasteiger partial charge in [-0.15, -0.1) is 0 Å². The van der Waals surface area contributed by atoms with Crippen molar-refractivity contribution < 1.29 is 14.3 Å². The number of nitrogens with one attached hydrogen (secondary N) is 1. The molecule has 6 heteroatoms. The third-order valence-corrected chi connectivity index (χ3v) is 6.71. The summed E-state index contributed by atoms with van der Waals surface area (Å²) in [5, 5.41) is 4.81. The van der Waals surface area contributed by atoms with Crippen LogP contribution in [0.25, 0.3) is 10.8 Å². The molecule has 1 atom stereocenters. The maximum atomic E-state index is 13.6. The van der Waals surface area contributed by atoms with E-state index in [4.69, 9.17) is 4.74 Å². The first-order valence-electron chi connectivity index (χ1n) is 11.5. The Morgan fingerprint density at radius 3 is 2.17 bits per heavy atom. The number of fused-ring (bicyclic) bond motifs is 1. The average Bonchev–Trinajstić information content (AvgIpc) is 2.91. The lowest BCUT2D eigenvalue weighted by atomic mass is 10.0. The largest absolute Gasteiger partial charge is 0.483 e. The Kier molecular flexibility index (Phi) is 8.16. The SMILES string of the molecule is CNC(=O)C(Cc1ccccc1)N(Cc1ccccc1)C(=O)COc1ccc2ccccc2c1Br. The van der Waals surface area contributed by atoms with Gasteiger partial charge in [-0.2, -0.15) is 0 Å². The van der Waals surface area contributed by atoms with Crippen LogP contribution in [0, 0.1) is 0 Å². The van der Waals surface area contributed by atoms with Crippen LogP contribution in [0.3, 0.4) is 0 Å². The summed E-state index contributed by atoms with van der Waals surface area (Å²) in [4.78, 5) is 28.1. The van der Waals surface area contributed by atoms with Gasteiger partial charge in [0, 0.05) is 20.0 Å². The summed E-state index contributed by atoms with van der Waals surface area (Å²) in [5.41, 5.74) is 1.92. The summed E-state index contributed by atoms with van der Waals surface area (Å²) in [6.45, 7) is 0.110. The number of benzene rings is 4. The second kappa shape index (κ2) is 11.7. The summed E-state index contributed by atoms with van der Waals surface area (Å²) in [6, 6.07) is 30.5. The number of carbonyl (C=O) groups is 2. The lowest BCUT2D eigenvalue weighted by Gasteiger charge is -2.31. The molecular formula is C29H27BrN2O3. The van der Waals surface area contributed by atoms with E-state index in [1.54, 1.807) is 11.9 Å². The number of halogens is 1. The van der Waals surface area contributed by atoms with Crippen molar-refractivity contribution in [1.29, 1.82) is 0 Å². The molecule has 0 heterocycles. The minimum Gasteiger partial charge on any atom is -0.483 e. The number of rotatable bonds is 9. The summed E-state index contributed by atoms with van der Waals surface area (Å²) < 4.78 is 6.77. The van der Waals surface area contributed by atoms with Crippen molar-refractivity contribution in [3.63, 3.8) is 0 Å². The van der Waals surface area contributed by atoms with Gasteiger partial charge in [0.25, 0.3) is 5.91 Å². The molecule has 1 N–H and O–H groups in total. The number of likely N-dealkylation sites (N-methyl/N-ethyl adjacent to an activating group) is 1. The molecule has 0 aliphatic carbocycles. The van der Waals surface area contributed by atoms with Crippen LogP contribution in [0.15, 0.2) is 102 Å². The van der Waals surface area contributed by atoms with Gasteiger partial charge in [-0.05, 0) is 43.9 Å². The first-order chi connectivity index (χ1) is 17.1. The quantitative estimate of drug-likeness (QED) is 0.316. The van der Waals surface area contributed by atoms with Crippen LogP contribution in [0.1, 0.15) is 11.1 Å². The normalized spacial score (nSPS) is 11.6. The van der Waals surface area contributed by atoms with Crippen molar-refractivity contribution in [3.05, 3.63) is 113 Å². The van der Waals surface area contributed by atoms with E-state index in [-0.39, 0.29) is 18.4 Å². The van der Waals surface area contributed by atoms with Gasteiger partial charge in [0.1, 0.15) is 11.8 Å². The molecule has 0 fully saturated rings. The van der Waals surface area contributed by atoms with E-state index >= 15 is 0 Å². The Morgan fingerprint density at radius 1 is 0.857 bits per heavy atom. The van der Waals surface area contributed by atoms with Crippen LogP contribution in [-0.4, -0.2) is 36.4 Å². The van der Waals surface area contributed by atoms with Crippen molar-refractivity contribution in [1.82, 2.24) is 10.2 Å². The van der Waals surface area contributed by atoms with Gasteiger partial charge in [-0.1, -0.05) is 91.0 Å². The smallest absolute Gasteiger partial charge is 0.261 e. The molecule has 35 heavy (non-hydrogen) atoms. The number of hydrogen-bond donors (Lipinski definition) is 1. The van der Waals surface area contributed by atoms with Crippen LogP contribution >= 0.6 is 15.9 Å². The Morgan fingerprint density at radius 2 is 1.49 bits per heavy atom. The number of amides is 2. The monoisotopic (exact) mass is 530 g/mol. The molecule has 4 aromatic carbocycles. The van der Waals surface area contributed by atoms with Crippen LogP contribution in [0.5, 0.6) is 5.75 Å². The van der Waals surface area contributed by atoms with E-state index in [2.05, 4.69) is 21.2 Å². The third kappa shape index (κ3) is 6.08. The number of nitrogens with zero attached hydrogens (tertiary/aromatic N) is 1. The van der Waals surface area contributed by atoms with Crippen LogP contribution < -0.4 is 10.1 Å². The van der Waals surface area contributed by atoms with E-state index < -0.39 is 6.04 Å². The van der Waals surface area contributed by atoms with Gasteiger partial charge in [0.05, 0.1) is 4.47 Å². The van der Waals surface area contributed by atoms with Gasteiger partial charge in [-0.3, -0.25) is 9.59 Å². The Labute approximate surface area is 213 Å². The molecule has 178 valence electrons. The van der Waals surface area contributed by atoms with Gasteiger partial charge < -0.3 is 15.0 Å². The molecule has 0 aliphatic rings. The van der Waals surface area contributed by atoms with E-state index in [0.717, 1.165) is 26.4 Å². The van der Waals surface area contributed by atoms with Gasteiger partial charge >= 0.3 is 0 Å². The van der Waals surface area contributed by atoms with Crippen molar-refractivity contribution in [2.24, 2.45) is 0 Å². The molecule has 4 rings (SSSR count). The van der Waals surface area contributed by atoms with Crippen LogP contribution in [-0.2, 0) is 22.6 Å². The predicted octanol–water partition coefficient (Wildman–Crippen LogP) is 5.37. The van der Waals surface area contributed by atoms with Crippen molar-refractivity contribution in [2.45, 2.75) is 19.0 Å². The second-order valence-corrected chi connectivity index (χ2v) is 9.01. The fraction of sp³-hybridized carbons (Fsp3) is 0.172. The predicted molar refractivity (Wildman–Crippen MR) is 142 cm³/mol. The fourth-order valence-electron chi connectivity index (χ4n) is 4.05. The number of ether oxygens (including phenoxy) is 1. The topological polar surface area (TPSA) is 58.6 Å². The van der Waals surface area contributed by atoms with Crippen molar-refractivity contribution in [3.8, 4) is 5.75 Å². The Balaban J connectivity index is 1.60. The summed E-state index contributed by atoms with van der Waals surface area (Å²) in [6.07, 6.45) is 0.402. The highest BCUT2D eigenvalue weighted by atomic mass is 79.9. The minimum atomic E-state index is -0.682. The van der Waals surface area contributed by atoms with Crippen molar-refractivity contribution in [2.75, 3.05) is 13.7 Å². The first kappa shape index (κ1) is 24.5. The zero-order valence-corrected chi connectivity index (χ0v) is 21.1. The maximum Gasteiger partial charge on any atom is 0.261 e. The number of carbonyl (C=O) groups excluding carboxylic acids is 2. The minimum absolute atomic E-state index is 0.188. The molecule has 0 radical (unpaired) electrons. The van der Waals surface area contributed by atoms with E-state index in [1.165, 1.54) is 0 Å². The molecular weight excluding hydrogens is 504 g/mol. The molecule has 1 unspecified atom stereocenters. The van der Waals surface area contributed by atoms with E-state index in [9.17, 15) is 9.59 Å². The molecule has 0 bridgehead atoms. The maximum absolute atomic E-state index is 13.6. The van der Waals surface area contributed by atoms with Gasteiger partial charge in [0.15, 0.2) is 6.61 Å². The Hall–Kier alpha value is -3.64. The number of hydrogen-bond acceptors (Lipinski definition) is 3. The van der Waals surface area contributed by atoms with Crippen LogP contribution in [0.2, 0.25) is 0 Å². The molecule has 5 nitrogen and oxygen atoms in total. The standard InChI is InChI=1S/C29H27BrN2O3/c1-31-29(34)25(18-21-10-4-2-5-11-21)32(19-22-12-6-3-7-13-22)27(33)20-35-26-17-16-23-14-8-9-15-24(23)28(26)30/h2-17,25H,18-20H2,1H3,(H,31,34). The molecule has 0 saturated heterocycles. The zero-order valence-electron chi connectivity index (χ0n) is 19.5. The van der Waals surface area contributed by atoms with E-state index in [0.29, 0.717) is 18.7 Å². The molecule has 0 saturated carbocycles. The van der Waals surface area contributed by atoms with Gasteiger partial charge in [-0.25, -0.2) is 0 Å². The average molecular weight is 531 g/mol. The fourth-order valence-corrected chi connectivity index (χ4v) is 4.66. The van der Waals surface area contributed by atoms with Crippen molar-refractivity contribution >= 4 is 38.5 Å². The highest BCUT2D eigenvalue weighted by Gasteiger charge is 2.30. The molecule has 4 aromatic rings. The third-order valence-electron chi connectivity index (χ3n) is 5.89. The summed E-state index contributed by atoms with van der Waals surface area (Å²) in [5.74, 6) is 0.0970. The molecule has 0 aliphatic heterocycles. The lowest BCUT2D eigenvalue weighted by molar-refractivity contribution is -0.142. The highest BCUT2D eigenvalue weighted by molar-refractivity contribution is 9.10. The van der Waals surface area contributed by atoms with Gasteiger partial charge in [0.2, 0.25) is 5.91 Å². The Bertz CT molecular complexity index is 1300. The summed E-state index contributed by atoms with van der Waals surface area (Å²) in [7, 11) is 1.59. The van der Waals surface area contributed by atoms with E-state index in [1.807, 2.05) is 97.1 Å². The molecule has 0 aromatic heterocycles. The first-order valence-corrected chi connectivity index (χ1v) is 12.2. The molecule has 0 spiro atoms. The summed E-state index contributed by atoms with van der Waals surface area (Å²) >= 11 is 3.62. The lowest BCUT2D eigenvalue weighted by Crippen LogP contribution is -2.51. The zero-order chi connectivity index (χ0) is 24.6. The second-order valence-electron chi connectivity index (χ2n) is 8.21.